The van der Waals surface area contributed by atoms with Gasteiger partial charge in [-0.1, -0.05) is 0 Å². The van der Waals surface area contributed by atoms with Crippen LogP contribution >= 0.6 is 11.3 Å². The Balaban J connectivity index is 1.67. The Bertz CT molecular complexity index is 1260. The maximum atomic E-state index is 13.1. The zero-order chi connectivity index (χ0) is 25.8. The number of amides is 1. The first-order chi connectivity index (χ1) is 17.4. The van der Waals surface area contributed by atoms with Gasteiger partial charge in [0.05, 0.1) is 30.4 Å². The van der Waals surface area contributed by atoms with Crippen LogP contribution in [0.25, 0.3) is 10.2 Å². The number of nitrogens with one attached hydrogen (secondary N) is 2. The molecular formula is C25H32N6O4S. The van der Waals surface area contributed by atoms with Crippen LogP contribution in [0.2, 0.25) is 0 Å². The summed E-state index contributed by atoms with van der Waals surface area (Å²) >= 11 is 1.56. The van der Waals surface area contributed by atoms with E-state index >= 15 is 0 Å². The molecule has 2 aromatic heterocycles. The van der Waals surface area contributed by atoms with Crippen molar-refractivity contribution in [1.82, 2.24) is 14.9 Å². The highest BCUT2D eigenvalue weighted by molar-refractivity contribution is 7.19. The van der Waals surface area contributed by atoms with Crippen molar-refractivity contribution in [3.8, 4) is 5.75 Å². The third-order valence-corrected chi connectivity index (χ3v) is 7.36. The van der Waals surface area contributed by atoms with Gasteiger partial charge in [0.15, 0.2) is 0 Å². The van der Waals surface area contributed by atoms with Crippen molar-refractivity contribution in [2.24, 2.45) is 5.92 Å². The summed E-state index contributed by atoms with van der Waals surface area (Å²) in [6.07, 6.45) is 4.60. The van der Waals surface area contributed by atoms with Crippen LogP contribution in [0.3, 0.4) is 0 Å². The van der Waals surface area contributed by atoms with Crippen LogP contribution in [-0.4, -0.2) is 69.6 Å². The van der Waals surface area contributed by atoms with Crippen LogP contribution in [-0.2, 0) is 17.6 Å². The molecule has 36 heavy (non-hydrogen) atoms. The summed E-state index contributed by atoms with van der Waals surface area (Å²) in [5, 5.41) is 30.6. The molecule has 1 amide bonds. The summed E-state index contributed by atoms with van der Waals surface area (Å²) in [5.74, 6) is 0.967. The van der Waals surface area contributed by atoms with E-state index in [0.29, 0.717) is 47.8 Å². The van der Waals surface area contributed by atoms with Gasteiger partial charge in [0.25, 0.3) is 0 Å². The molecule has 0 aliphatic heterocycles. The molecule has 0 saturated heterocycles. The number of nitrogen functional groups attached to an aromatic ring is 1. The highest BCUT2D eigenvalue weighted by atomic mass is 32.1. The second-order valence-corrected chi connectivity index (χ2v) is 10.1. The molecule has 1 aromatic carbocycles. The van der Waals surface area contributed by atoms with E-state index in [0.717, 1.165) is 20.7 Å². The normalized spacial score (nSPS) is 15.1. The van der Waals surface area contributed by atoms with E-state index in [1.807, 2.05) is 13.8 Å². The average molecular weight is 513 g/mol. The number of aliphatic hydroxyl groups is 2. The first-order valence-electron chi connectivity index (χ1n) is 12.0. The second kappa shape index (κ2) is 11.2. The van der Waals surface area contributed by atoms with Crippen LogP contribution in [0.4, 0.5) is 17.2 Å². The van der Waals surface area contributed by atoms with Gasteiger partial charge in [-0.25, -0.2) is 9.97 Å². The summed E-state index contributed by atoms with van der Waals surface area (Å²) in [5.41, 5.74) is 8.91. The molecule has 11 heteroatoms. The molecule has 2 heterocycles. The molecule has 192 valence electrons. The predicted octanol–water partition coefficient (Wildman–Crippen LogP) is 2.72. The summed E-state index contributed by atoms with van der Waals surface area (Å²) < 4.78 is 5.97. The summed E-state index contributed by atoms with van der Waals surface area (Å²) in [6, 6.07) is 3.49. The number of hydrogen-bond donors (Lipinski definition) is 5. The van der Waals surface area contributed by atoms with Gasteiger partial charge >= 0.3 is 0 Å². The third-order valence-electron chi connectivity index (χ3n) is 6.20. The summed E-state index contributed by atoms with van der Waals surface area (Å²) in [6.45, 7) is 4.03. The number of nitrogens with two attached hydrogens (primary N) is 1. The Morgan fingerprint density at radius 1 is 1.33 bits per heavy atom. The van der Waals surface area contributed by atoms with Crippen LogP contribution in [0.5, 0.6) is 5.75 Å². The largest absolute Gasteiger partial charge is 0.489 e. The minimum atomic E-state index is -0.202. The molecule has 3 aromatic rings. The molecule has 1 unspecified atom stereocenters. The number of fused-ring (bicyclic) bond motifs is 3. The van der Waals surface area contributed by atoms with E-state index < -0.39 is 0 Å². The van der Waals surface area contributed by atoms with E-state index in [2.05, 4.69) is 15.3 Å². The van der Waals surface area contributed by atoms with Gasteiger partial charge in [-0.15, -0.1) is 11.3 Å². The number of nitrogens with zero attached hydrogens (tertiary/aromatic N) is 3. The number of anilines is 3. The molecule has 0 fully saturated rings. The first-order valence-corrected chi connectivity index (χ1v) is 12.8. The van der Waals surface area contributed by atoms with Gasteiger partial charge in [-0.05, 0) is 44.7 Å². The predicted molar refractivity (Wildman–Crippen MR) is 141 cm³/mol. The van der Waals surface area contributed by atoms with E-state index in [-0.39, 0.29) is 44.2 Å². The minimum absolute atomic E-state index is 0.0397. The van der Waals surface area contributed by atoms with Gasteiger partial charge < -0.3 is 36.3 Å². The van der Waals surface area contributed by atoms with Crippen molar-refractivity contribution in [2.75, 3.05) is 37.4 Å². The van der Waals surface area contributed by atoms with E-state index in [1.54, 1.807) is 23.5 Å². The van der Waals surface area contributed by atoms with Gasteiger partial charge in [0, 0.05) is 47.4 Å². The molecule has 10 nitrogen and oxygen atoms in total. The lowest BCUT2D eigenvalue weighted by Crippen LogP contribution is -2.41. The van der Waals surface area contributed by atoms with Crippen LogP contribution in [0, 0.1) is 11.3 Å². The highest BCUT2D eigenvalue weighted by Gasteiger charge is 2.31. The molecule has 0 spiro atoms. The molecule has 0 saturated carbocycles. The lowest BCUT2D eigenvalue weighted by Gasteiger charge is -2.28. The number of thiophene rings is 1. The smallest absolute Gasteiger partial charge is 0.226 e. The number of carbonyl (C=O) groups is 1. The van der Waals surface area contributed by atoms with Crippen molar-refractivity contribution >= 4 is 50.9 Å². The number of aromatic nitrogens is 2. The third kappa shape index (κ3) is 5.28. The molecule has 1 aliphatic rings. The number of benzene rings is 1. The summed E-state index contributed by atoms with van der Waals surface area (Å²) in [4.78, 5) is 25.5. The zero-order valence-electron chi connectivity index (χ0n) is 20.5. The quantitative estimate of drug-likeness (QED) is 0.205. The maximum Gasteiger partial charge on any atom is 0.226 e. The molecule has 4 rings (SSSR count). The van der Waals surface area contributed by atoms with E-state index in [4.69, 9.17) is 15.9 Å². The Kier molecular flexibility index (Phi) is 8.02. The van der Waals surface area contributed by atoms with Crippen molar-refractivity contribution < 1.29 is 19.7 Å². The van der Waals surface area contributed by atoms with Crippen molar-refractivity contribution in [1.29, 1.82) is 5.41 Å². The number of hydrogen-bond acceptors (Lipinski definition) is 10. The monoisotopic (exact) mass is 512 g/mol. The summed E-state index contributed by atoms with van der Waals surface area (Å²) in [7, 11) is 0. The van der Waals surface area contributed by atoms with Crippen molar-refractivity contribution in [3.05, 3.63) is 34.5 Å². The maximum absolute atomic E-state index is 13.1. The number of aliphatic hydroxyl groups excluding tert-OH is 2. The number of carbonyl (C=O) groups excluding carboxylic acids is 1. The number of ether oxygens (including phenoxy) is 1. The SMILES string of the molecule is CC(C)Oc1cc(N)c(C=N)cc1Nc1ncnc2sc3c(c12)CCC(C(=O)N(CCO)CCO)C3. The van der Waals surface area contributed by atoms with Gasteiger partial charge in [-0.3, -0.25) is 4.79 Å². The Morgan fingerprint density at radius 3 is 2.75 bits per heavy atom. The highest BCUT2D eigenvalue weighted by Crippen LogP contribution is 2.42. The van der Waals surface area contributed by atoms with Crippen LogP contribution in [0.15, 0.2) is 18.5 Å². The Hall–Kier alpha value is -3.28. The first kappa shape index (κ1) is 25.8. The van der Waals surface area contributed by atoms with E-state index in [1.165, 1.54) is 17.4 Å². The lowest BCUT2D eigenvalue weighted by atomic mass is 9.87. The fraction of sp³-hybridized carbons (Fsp3) is 0.440. The van der Waals surface area contributed by atoms with Crippen LogP contribution < -0.4 is 15.8 Å². The minimum Gasteiger partial charge on any atom is -0.489 e. The fourth-order valence-corrected chi connectivity index (χ4v) is 5.83. The van der Waals surface area contributed by atoms with E-state index in [9.17, 15) is 15.0 Å². The van der Waals surface area contributed by atoms with Crippen LogP contribution in [0.1, 0.15) is 36.3 Å². The molecule has 6 N–H and O–H groups in total. The topological polar surface area (TPSA) is 158 Å². The lowest BCUT2D eigenvalue weighted by molar-refractivity contribution is -0.136. The molecular weight excluding hydrogens is 480 g/mol. The molecule has 1 atom stereocenters. The van der Waals surface area contributed by atoms with Gasteiger partial charge in [0.2, 0.25) is 5.91 Å². The zero-order valence-corrected chi connectivity index (χ0v) is 21.3. The Morgan fingerprint density at radius 2 is 2.08 bits per heavy atom. The molecule has 0 radical (unpaired) electrons. The van der Waals surface area contributed by atoms with Crippen molar-refractivity contribution in [3.63, 3.8) is 0 Å². The molecule has 1 aliphatic carbocycles. The Labute approximate surface area is 213 Å². The second-order valence-electron chi connectivity index (χ2n) is 9.03. The van der Waals surface area contributed by atoms with Gasteiger partial charge in [-0.2, -0.15) is 0 Å². The number of aryl methyl sites for hydroxylation is 1. The number of rotatable bonds is 10. The standard InChI is InChI=1S/C25H32N6O4S/c1-14(2)35-20-11-18(27)16(12-26)9-19(20)30-23-22-17-4-3-15(25(34)31(5-7-32)6-8-33)10-21(17)36-24(22)29-13-28-23/h9,11-15,26,32-33H,3-8,10,27H2,1-2H3,(H,28,29,30). The fourth-order valence-electron chi connectivity index (χ4n) is 4.56. The average Bonchev–Trinajstić information content (AvgIpc) is 3.23. The molecule has 0 bridgehead atoms. The van der Waals surface area contributed by atoms with Gasteiger partial charge in [0.1, 0.15) is 22.7 Å². The van der Waals surface area contributed by atoms with Crippen molar-refractivity contribution in [2.45, 2.75) is 39.2 Å².